The maximum Gasteiger partial charge on any atom is 1.00 e. The van der Waals surface area contributed by atoms with Gasteiger partial charge in [0.25, 0.3) is 6.47 Å². The molecule has 808 valence electrons. The molecule has 3 aromatic carbocycles. The van der Waals surface area contributed by atoms with Crippen molar-refractivity contribution >= 4 is 162 Å². The molecule has 8 aromatic rings. The number of anilines is 9. The second kappa shape index (κ2) is 59.6. The summed E-state index contributed by atoms with van der Waals surface area (Å²) >= 11 is 25.6. The zero-order valence-electron chi connectivity index (χ0n) is 86.7. The van der Waals surface area contributed by atoms with Gasteiger partial charge in [0.1, 0.15) is 5.60 Å². The van der Waals surface area contributed by atoms with E-state index in [1.54, 1.807) is 6.20 Å². The Morgan fingerprint density at radius 1 is 0.430 bits per heavy atom. The van der Waals surface area contributed by atoms with E-state index in [1.807, 2.05) is 109 Å². The number of carbonyl (C=O) groups excluding carboxylic acids is 5. The van der Waals surface area contributed by atoms with E-state index in [-0.39, 0.29) is 78.2 Å². The summed E-state index contributed by atoms with van der Waals surface area (Å²) in [5.41, 5.74) is 10.8. The molecular formula is C109H146Cl4ILiN14O20. The molecule has 0 bridgehead atoms. The Balaban J connectivity index is 0.000000199. The van der Waals surface area contributed by atoms with E-state index in [0.29, 0.717) is 103 Å². The second-order valence-electron chi connectivity index (χ2n) is 38.3. The zero-order chi connectivity index (χ0) is 105. The number of rotatable bonds is 31. The maximum atomic E-state index is 12.6. The van der Waals surface area contributed by atoms with Gasteiger partial charge in [-0.3, -0.25) is 44.2 Å². The van der Waals surface area contributed by atoms with Gasteiger partial charge in [-0.2, -0.15) is 0 Å². The second-order valence-corrected chi connectivity index (χ2v) is 41.2. The molecule has 0 amide bonds. The number of methoxy groups -OCH3 is 4. The van der Waals surface area contributed by atoms with Gasteiger partial charge in [-0.25, -0.2) is 24.9 Å². The number of carbonyl (C=O) groups is 5. The number of esters is 4. The van der Waals surface area contributed by atoms with Gasteiger partial charge < -0.3 is 88.8 Å². The molecule has 0 radical (unpaired) electrons. The van der Waals surface area contributed by atoms with Crippen LogP contribution >= 0.6 is 69.0 Å². The molecule has 18 rings (SSSR count). The van der Waals surface area contributed by atoms with Crippen molar-refractivity contribution in [3.63, 3.8) is 0 Å². The zero-order valence-corrected chi connectivity index (χ0v) is 91.9. The molecule has 40 heteroatoms. The monoisotopic (exact) mass is 2240 g/mol. The number of aromatic nitrogens is 5. The van der Waals surface area contributed by atoms with E-state index in [1.165, 1.54) is 76.0 Å². The summed E-state index contributed by atoms with van der Waals surface area (Å²) in [6.45, 7) is 22.3. The van der Waals surface area contributed by atoms with Crippen LogP contribution in [0.2, 0.25) is 20.2 Å². The van der Waals surface area contributed by atoms with E-state index in [4.69, 9.17) is 109 Å². The first-order valence-corrected chi connectivity index (χ1v) is 53.8. The van der Waals surface area contributed by atoms with Gasteiger partial charge in [-0.15, -0.1) is 0 Å². The number of hydrogen-bond acceptors (Lipinski definition) is 32. The molecule has 5 saturated heterocycles. The minimum Gasteiger partial charge on any atom is -0.870 e. The van der Waals surface area contributed by atoms with Crippen molar-refractivity contribution in [1.82, 2.24) is 24.9 Å². The Hall–Kier alpha value is -9.59. The van der Waals surface area contributed by atoms with Crippen molar-refractivity contribution in [3.05, 3.63) is 206 Å². The Kier molecular flexibility index (Phi) is 49.2. The number of nitro groups is 2. The molecule has 149 heavy (non-hydrogen) atoms. The smallest absolute Gasteiger partial charge is 0.870 e. The van der Waals surface area contributed by atoms with Crippen molar-refractivity contribution in [3.8, 4) is 0 Å². The third-order valence-electron chi connectivity index (χ3n) is 30.1. The third kappa shape index (κ3) is 30.5. The Morgan fingerprint density at radius 2 is 0.718 bits per heavy atom. The average Bonchev–Trinajstić information content (AvgIpc) is 0.759. The number of nitrogens with one attached hydrogen (secondary N) is 2. The fraction of sp³-hybridized carbons (Fsp3) is 0.560. The first-order chi connectivity index (χ1) is 70.6. The number of benzene rings is 3. The van der Waals surface area contributed by atoms with Crippen LogP contribution in [-0.2, 0) is 98.6 Å². The molecule has 0 unspecified atom stereocenters. The van der Waals surface area contributed by atoms with Gasteiger partial charge in [0.15, 0.2) is 17.5 Å². The summed E-state index contributed by atoms with van der Waals surface area (Å²) in [5, 5.41) is 31.6. The van der Waals surface area contributed by atoms with Crippen LogP contribution in [0.5, 0.6) is 0 Å². The van der Waals surface area contributed by atoms with Crippen LogP contribution in [0, 0.1) is 29.7 Å². The Bertz CT molecular complexity index is 5570. The number of nitrogens with two attached hydrogens (primary N) is 1. The van der Waals surface area contributed by atoms with Gasteiger partial charge in [0.2, 0.25) is 11.0 Å². The normalized spacial score (nSPS) is 18.0. The predicted octanol–water partition coefficient (Wildman–Crippen LogP) is 19.8. The molecule has 0 spiro atoms. The van der Waals surface area contributed by atoms with Crippen LogP contribution in [0.15, 0.2) is 134 Å². The fourth-order valence-electron chi connectivity index (χ4n) is 20.9. The van der Waals surface area contributed by atoms with Gasteiger partial charge in [-0.1, -0.05) is 99.3 Å². The summed E-state index contributed by atoms with van der Waals surface area (Å²) in [6.07, 6.45) is 33.6. The minimum atomic E-state index is -0.795. The van der Waals surface area contributed by atoms with E-state index in [9.17, 15) is 44.2 Å². The summed E-state index contributed by atoms with van der Waals surface area (Å²) in [4.78, 5) is 113. The van der Waals surface area contributed by atoms with Crippen LogP contribution in [0.1, 0.15) is 243 Å². The van der Waals surface area contributed by atoms with Crippen molar-refractivity contribution in [2.75, 3.05) is 157 Å². The summed E-state index contributed by atoms with van der Waals surface area (Å²) in [7, 11) is 5.56. The predicted molar refractivity (Wildman–Crippen MR) is 585 cm³/mol. The van der Waals surface area contributed by atoms with Crippen LogP contribution in [0.4, 0.5) is 63.1 Å². The fourth-order valence-corrected chi connectivity index (χ4v) is 21.8. The van der Waals surface area contributed by atoms with Crippen LogP contribution in [-0.4, -0.2) is 215 Å². The Labute approximate surface area is 921 Å². The molecular weight excluding hydrogens is 2100 g/mol. The number of pyridine rings is 5. The van der Waals surface area contributed by atoms with Crippen molar-refractivity contribution in [1.29, 1.82) is 0 Å². The van der Waals surface area contributed by atoms with Crippen LogP contribution in [0.3, 0.4) is 0 Å². The quantitative estimate of drug-likeness (QED) is 0.00531. The summed E-state index contributed by atoms with van der Waals surface area (Å²) in [6, 6.07) is 33.2. The average molecular weight is 2250 g/mol. The summed E-state index contributed by atoms with van der Waals surface area (Å²) in [5.74, 6) is 2.87. The number of hydrogen-bond donors (Lipinski definition) is 3. The van der Waals surface area contributed by atoms with Gasteiger partial charge in [0, 0.05) is 195 Å². The number of nitrogens with zero attached hydrogens (tertiary/aromatic N) is 11. The standard InChI is InChI=1S/C24H30ClN3O3.C23H28ClN3O3.C18H25N3O5.C18H27N3O3.C11H11ClN2O4.C8H16O.C6H4ClI.CH4.Li.H2O/c1-3-28(20-9-13-31-14-10-20)22-21(27-19-7-5-18(25)6-8-19)15-17(16-26-22)24(11-4-12-24)23(29)30-2;1-2-27(20-8-12-29-13-9-20)22-21(26-19-6-4-18(24)5-7-19)14-17(15-25-22)23(30-16-28)10-3-11-23;1-3-20(14-5-9-26-10-6-14)16-15(21(23)24)11-13(12-19-16)18(7-4-8-18)17(22)25-2;1-3-21(14-5-9-24-10-6-14)16-15(19)11-13(12-20-16)18(7-4-8-18)17(22)23-2;1-18-10(15)11(3-2-4-11)7-5-8(14(16)17)9(12)13-6-7;1-2-3-8-4-6-9-7-5-8;7-5-1-3-6(8)4-2-5;;;/h5-8,15-16,20,27H,3-4,9-14H2,1-2H3;4-7,14-16,20,26H,2-3,8-13H2,1H3;11-12,14H,3-10H2,1-2H3;11-12,14H,3-10,19H2,1-2H3;5-6H,2-4H2,1H3;8H,2-7H2,1H3;1-4H;1H4;;1H2/q;;;;;;;;+1;/p-1. The molecule has 5 aromatic heterocycles. The molecule has 10 heterocycles. The number of nitrogen functional groups attached to an aromatic ring is 1. The maximum absolute atomic E-state index is 12.6. The first kappa shape index (κ1) is 123. The molecule has 34 nitrogen and oxygen atoms in total. The molecule has 10 aliphatic rings. The van der Waals surface area contributed by atoms with Crippen LogP contribution in [0.25, 0.3) is 0 Å². The Morgan fingerprint density at radius 3 is 1.02 bits per heavy atom. The number of ether oxygens (including phenoxy) is 10. The van der Waals surface area contributed by atoms with E-state index >= 15 is 0 Å². The molecule has 5 saturated carbocycles. The number of halogens is 5. The van der Waals surface area contributed by atoms with E-state index in [0.717, 1.165) is 262 Å². The van der Waals surface area contributed by atoms with E-state index < -0.39 is 37.1 Å². The molecule has 10 fully saturated rings. The van der Waals surface area contributed by atoms with Gasteiger partial charge in [-0.05, 0) is 304 Å². The largest absolute Gasteiger partial charge is 1.00 e. The van der Waals surface area contributed by atoms with Crippen molar-refractivity contribution in [2.45, 2.75) is 267 Å². The molecule has 5 aliphatic carbocycles. The SMILES string of the molecule is C.CCCC1CCOCC1.CCN(c1ncc(C2(C(=O)OC)CCC2)cc1N)C1CCOCC1.CCN(c1ncc(C2(C(=O)OC)CCC2)cc1Nc1ccc(Cl)cc1)C1CCOCC1.CCN(c1ncc(C2(C(=O)OC)CCC2)cc1[N+](=O)[O-])C1CCOCC1.CCN(c1ncc(C2(OC=O)CCC2)cc1Nc1ccc(Cl)cc1)C1CCOCC1.COC(=O)C1(c2cnc(Cl)c([N+](=O)[O-])c2)CCC1.Clc1ccc(I)cc1.[Li+].[OH-]. The van der Waals surface area contributed by atoms with Gasteiger partial charge in [0.05, 0.1) is 77.0 Å². The molecule has 0 atom stereocenters. The first-order valence-electron chi connectivity index (χ1n) is 51.2. The third-order valence-corrected chi connectivity index (χ3v) is 31.8. The van der Waals surface area contributed by atoms with Gasteiger partial charge >= 0.3 is 54.1 Å². The van der Waals surface area contributed by atoms with Crippen molar-refractivity contribution in [2.24, 2.45) is 5.92 Å². The molecule has 5 N–H and O–H groups in total. The van der Waals surface area contributed by atoms with E-state index in [2.05, 4.69) is 103 Å². The summed E-state index contributed by atoms with van der Waals surface area (Å²) < 4.78 is 53.8. The molecule has 5 aliphatic heterocycles. The van der Waals surface area contributed by atoms with Crippen molar-refractivity contribution < 1.29 is 106 Å². The minimum absolute atomic E-state index is 0. The topological polar surface area (TPSA) is 421 Å². The van der Waals surface area contributed by atoms with Crippen LogP contribution < -0.4 is 54.8 Å².